The molecule has 8 heteroatoms. The summed E-state index contributed by atoms with van der Waals surface area (Å²) in [6, 6.07) is 0. The van der Waals surface area contributed by atoms with Gasteiger partial charge in [0, 0.05) is 16.6 Å². The number of hydrogen-bond acceptors (Lipinski definition) is 6. The number of rotatable bonds is 3. The first-order chi connectivity index (χ1) is 12.0. The molecule has 26 heavy (non-hydrogen) atoms. The summed E-state index contributed by atoms with van der Waals surface area (Å²) in [7, 11) is 0. The number of nitrogens with zero attached hydrogens (tertiary/aromatic N) is 1. The third kappa shape index (κ3) is 3.86. The molecule has 7 nitrogen and oxygen atoms in total. The number of amides is 2. The zero-order valence-corrected chi connectivity index (χ0v) is 16.5. The van der Waals surface area contributed by atoms with E-state index in [1.165, 1.54) is 11.3 Å². The molecule has 0 spiro atoms. The largest absolute Gasteiger partial charge is 0.444 e. The van der Waals surface area contributed by atoms with Crippen LogP contribution in [0.5, 0.6) is 0 Å². The van der Waals surface area contributed by atoms with Crippen molar-refractivity contribution in [3.63, 3.8) is 0 Å². The Morgan fingerprint density at radius 2 is 1.92 bits per heavy atom. The molecule has 3 fully saturated rings. The van der Waals surface area contributed by atoms with E-state index in [0.29, 0.717) is 37.1 Å². The van der Waals surface area contributed by atoms with Crippen molar-refractivity contribution in [1.82, 2.24) is 15.6 Å². The normalized spacial score (nSPS) is 30.7. The first-order valence-electron chi connectivity index (χ1n) is 8.97. The molecule has 0 aliphatic heterocycles. The van der Waals surface area contributed by atoms with Crippen LogP contribution in [0.1, 0.15) is 68.4 Å². The van der Waals surface area contributed by atoms with E-state index in [2.05, 4.69) is 15.6 Å². The summed E-state index contributed by atoms with van der Waals surface area (Å²) in [5.74, 6) is -0.190. The molecule has 0 radical (unpaired) electrons. The second-order valence-electron chi connectivity index (χ2n) is 8.53. The lowest BCUT2D eigenvalue weighted by molar-refractivity contribution is -0.0619. The second-order valence-corrected chi connectivity index (χ2v) is 9.39. The summed E-state index contributed by atoms with van der Waals surface area (Å²) in [6.07, 6.45) is 1.80. The van der Waals surface area contributed by atoms with Crippen LogP contribution in [0.3, 0.4) is 0 Å². The number of aliphatic hydroxyl groups excluding tert-OH is 1. The zero-order chi connectivity index (χ0) is 19.2. The van der Waals surface area contributed by atoms with Crippen LogP contribution < -0.4 is 10.6 Å². The molecule has 2 bridgehead atoms. The Kier molecular flexibility index (Phi) is 4.77. The van der Waals surface area contributed by atoms with Crippen LogP contribution in [0.2, 0.25) is 0 Å². The molecule has 1 heterocycles. The van der Waals surface area contributed by atoms with Crippen molar-refractivity contribution in [3.8, 4) is 0 Å². The van der Waals surface area contributed by atoms with Crippen LogP contribution in [0.4, 0.5) is 4.79 Å². The van der Waals surface area contributed by atoms with Gasteiger partial charge in [0.2, 0.25) is 0 Å². The van der Waals surface area contributed by atoms with E-state index in [4.69, 9.17) is 4.74 Å². The second kappa shape index (κ2) is 6.49. The van der Waals surface area contributed by atoms with Crippen LogP contribution in [-0.4, -0.2) is 44.9 Å². The Hall–Kier alpha value is -1.67. The van der Waals surface area contributed by atoms with Gasteiger partial charge >= 0.3 is 6.09 Å². The number of carbonyl (C=O) groups excluding carboxylic acids is 2. The number of hydrogen-bond donors (Lipinski definition) is 3. The minimum absolute atomic E-state index is 0.190. The lowest BCUT2D eigenvalue weighted by Gasteiger charge is -2.56. The predicted molar refractivity (Wildman–Crippen MR) is 98.2 cm³/mol. The summed E-state index contributed by atoms with van der Waals surface area (Å²) in [5, 5.41) is 19.0. The number of fused-ring (bicyclic) bond motifs is 3. The van der Waals surface area contributed by atoms with Crippen LogP contribution in [0, 0.1) is 6.92 Å². The number of ether oxygens (including phenoxy) is 1. The van der Waals surface area contributed by atoms with Gasteiger partial charge in [0.05, 0.1) is 11.6 Å². The standard InChI is InChI=1S/C18H27N3O4S/c1-11-10-26-14(19-11)13(23)20-17-5-7-18(8-6-17,12(22)9-17)21-15(24)25-16(2,3)4/h10,12,22H,5-9H2,1-4H3,(H,20,23)(H,21,24)/t12-,17?,18?/m0/s1. The first kappa shape index (κ1) is 19.1. The summed E-state index contributed by atoms with van der Waals surface area (Å²) >= 11 is 1.32. The Bertz CT molecular complexity index is 702. The van der Waals surface area contributed by atoms with E-state index in [-0.39, 0.29) is 5.91 Å². The Morgan fingerprint density at radius 1 is 1.27 bits per heavy atom. The van der Waals surface area contributed by atoms with Crippen molar-refractivity contribution >= 4 is 23.3 Å². The number of nitrogens with one attached hydrogen (secondary N) is 2. The molecule has 0 aromatic carbocycles. The Balaban J connectivity index is 1.65. The highest BCUT2D eigenvalue weighted by Crippen LogP contribution is 2.47. The van der Waals surface area contributed by atoms with Crippen LogP contribution in [0.25, 0.3) is 0 Å². The fourth-order valence-corrected chi connectivity index (χ4v) is 4.61. The summed E-state index contributed by atoms with van der Waals surface area (Å²) in [5.41, 5.74) is -0.871. The first-order valence-corrected chi connectivity index (χ1v) is 9.84. The van der Waals surface area contributed by atoms with E-state index in [9.17, 15) is 14.7 Å². The minimum atomic E-state index is -0.726. The van der Waals surface area contributed by atoms with Crippen LogP contribution in [-0.2, 0) is 4.74 Å². The molecule has 3 saturated carbocycles. The van der Waals surface area contributed by atoms with Crippen molar-refractivity contribution in [2.24, 2.45) is 0 Å². The molecule has 3 N–H and O–H groups in total. The number of aromatic nitrogens is 1. The number of aryl methyl sites for hydroxylation is 1. The fraction of sp³-hybridized carbons (Fsp3) is 0.722. The van der Waals surface area contributed by atoms with Crippen molar-refractivity contribution in [2.75, 3.05) is 0 Å². The van der Waals surface area contributed by atoms with Crippen molar-refractivity contribution < 1.29 is 19.4 Å². The van der Waals surface area contributed by atoms with Gasteiger partial charge in [-0.25, -0.2) is 9.78 Å². The van der Waals surface area contributed by atoms with Gasteiger partial charge < -0.3 is 20.5 Å². The van der Waals surface area contributed by atoms with Gasteiger partial charge in [-0.15, -0.1) is 11.3 Å². The lowest BCUT2D eigenvalue weighted by atomic mass is 9.60. The van der Waals surface area contributed by atoms with Crippen LogP contribution in [0.15, 0.2) is 5.38 Å². The number of aliphatic hydroxyl groups is 1. The minimum Gasteiger partial charge on any atom is -0.444 e. The maximum absolute atomic E-state index is 12.5. The van der Waals surface area contributed by atoms with Gasteiger partial charge in [0.25, 0.3) is 5.91 Å². The van der Waals surface area contributed by atoms with E-state index in [1.54, 1.807) is 0 Å². The monoisotopic (exact) mass is 381 g/mol. The number of carbonyl (C=O) groups is 2. The Labute approximate surface area is 157 Å². The molecule has 0 unspecified atom stereocenters. The van der Waals surface area contributed by atoms with Crippen molar-refractivity contribution in [1.29, 1.82) is 0 Å². The van der Waals surface area contributed by atoms with Gasteiger partial charge in [-0.05, 0) is 59.8 Å². The molecule has 0 saturated heterocycles. The third-order valence-electron chi connectivity index (χ3n) is 5.26. The molecule has 1 aromatic rings. The Morgan fingerprint density at radius 3 is 2.42 bits per heavy atom. The predicted octanol–water partition coefficient (Wildman–Crippen LogP) is 2.52. The molecule has 1 aromatic heterocycles. The fourth-order valence-electron chi connectivity index (χ4n) is 3.92. The highest BCUT2D eigenvalue weighted by atomic mass is 32.1. The van der Waals surface area contributed by atoms with Gasteiger partial charge in [0.15, 0.2) is 5.01 Å². The van der Waals surface area contributed by atoms with Crippen molar-refractivity contribution in [2.45, 2.75) is 82.6 Å². The molecule has 3 aliphatic rings. The van der Waals surface area contributed by atoms with Crippen LogP contribution >= 0.6 is 11.3 Å². The van der Waals surface area contributed by atoms with Gasteiger partial charge in [0.1, 0.15) is 5.60 Å². The van der Waals surface area contributed by atoms with Crippen molar-refractivity contribution in [3.05, 3.63) is 16.1 Å². The highest BCUT2D eigenvalue weighted by molar-refractivity contribution is 7.11. The smallest absolute Gasteiger partial charge is 0.408 e. The van der Waals surface area contributed by atoms with E-state index in [1.807, 2.05) is 33.1 Å². The van der Waals surface area contributed by atoms with E-state index >= 15 is 0 Å². The quantitative estimate of drug-likeness (QED) is 0.747. The zero-order valence-electron chi connectivity index (χ0n) is 15.7. The highest BCUT2D eigenvalue weighted by Gasteiger charge is 2.55. The molecule has 2 amide bonds. The van der Waals surface area contributed by atoms with Gasteiger partial charge in [-0.3, -0.25) is 4.79 Å². The van der Waals surface area contributed by atoms with E-state index in [0.717, 1.165) is 5.69 Å². The summed E-state index contributed by atoms with van der Waals surface area (Å²) in [4.78, 5) is 28.9. The molecule has 1 atom stereocenters. The summed E-state index contributed by atoms with van der Waals surface area (Å²) in [6.45, 7) is 7.28. The maximum Gasteiger partial charge on any atom is 0.408 e. The van der Waals surface area contributed by atoms with Gasteiger partial charge in [-0.2, -0.15) is 0 Å². The SMILES string of the molecule is Cc1csc(C(=O)NC23CCC(NC(=O)OC(C)(C)C)(CC2)[C@@H](O)C3)n1. The lowest BCUT2D eigenvalue weighted by Crippen LogP contribution is -2.70. The van der Waals surface area contributed by atoms with E-state index < -0.39 is 28.9 Å². The average Bonchev–Trinajstić information content (AvgIpc) is 2.94. The molecule has 4 rings (SSSR count). The molecule has 144 valence electrons. The molecular weight excluding hydrogens is 354 g/mol. The number of alkyl carbamates (subject to hydrolysis) is 1. The average molecular weight is 381 g/mol. The number of thiazole rings is 1. The molecular formula is C18H27N3O4S. The summed E-state index contributed by atoms with van der Waals surface area (Å²) < 4.78 is 5.35. The topological polar surface area (TPSA) is 101 Å². The van der Waals surface area contributed by atoms with Gasteiger partial charge in [-0.1, -0.05) is 0 Å². The molecule has 3 aliphatic carbocycles. The maximum atomic E-state index is 12.5. The third-order valence-corrected chi connectivity index (χ3v) is 6.22.